The van der Waals surface area contributed by atoms with Gasteiger partial charge in [-0.15, -0.1) is 11.3 Å². The lowest BCUT2D eigenvalue weighted by atomic mass is 10.2. The van der Waals surface area contributed by atoms with E-state index in [1.54, 1.807) is 4.90 Å². The summed E-state index contributed by atoms with van der Waals surface area (Å²) in [5.41, 5.74) is 1.21. The van der Waals surface area contributed by atoms with Gasteiger partial charge < -0.3 is 9.64 Å². The highest BCUT2D eigenvalue weighted by molar-refractivity contribution is 7.14. The fourth-order valence-corrected chi connectivity index (χ4v) is 3.58. The van der Waals surface area contributed by atoms with Crippen LogP contribution in [-0.4, -0.2) is 36.5 Å². The molecule has 0 spiro atoms. The van der Waals surface area contributed by atoms with Crippen molar-refractivity contribution in [1.82, 2.24) is 4.90 Å². The van der Waals surface area contributed by atoms with Gasteiger partial charge in [-0.2, -0.15) is 0 Å². The maximum Gasteiger partial charge on any atom is 0.328 e. The number of likely N-dealkylation sites (tertiary alicyclic amines) is 1. The van der Waals surface area contributed by atoms with Gasteiger partial charge in [0.1, 0.15) is 6.04 Å². The van der Waals surface area contributed by atoms with E-state index in [-0.39, 0.29) is 11.9 Å². The third-order valence-corrected chi connectivity index (χ3v) is 4.68. The summed E-state index contributed by atoms with van der Waals surface area (Å²) in [4.78, 5) is 27.7. The highest BCUT2D eigenvalue weighted by Crippen LogP contribution is 2.27. The van der Waals surface area contributed by atoms with E-state index < -0.39 is 6.04 Å². The molecule has 0 saturated carbocycles. The number of hydrogen-bond donors (Lipinski definition) is 0. The molecule has 4 nitrogen and oxygen atoms in total. The number of rotatable bonds is 3. The molecule has 1 amide bonds. The van der Waals surface area contributed by atoms with Crippen LogP contribution in [0.3, 0.4) is 0 Å². The Morgan fingerprint density at radius 1 is 1.53 bits per heavy atom. The minimum atomic E-state index is -0.412. The van der Waals surface area contributed by atoms with Crippen LogP contribution in [0.2, 0.25) is 0 Å². The van der Waals surface area contributed by atoms with Crippen molar-refractivity contribution in [3.05, 3.63) is 21.4 Å². The molecule has 104 valence electrons. The second-order valence-corrected chi connectivity index (χ2v) is 5.98. The van der Waals surface area contributed by atoms with Gasteiger partial charge in [-0.05, 0) is 37.8 Å². The van der Waals surface area contributed by atoms with Crippen LogP contribution in [0.4, 0.5) is 0 Å². The monoisotopic (exact) mass is 281 g/mol. The Labute approximate surface area is 117 Å². The van der Waals surface area contributed by atoms with Gasteiger partial charge in [-0.3, -0.25) is 4.79 Å². The number of ether oxygens (including phenoxy) is 1. The molecule has 19 heavy (non-hydrogen) atoms. The normalized spacial score (nSPS) is 18.7. The van der Waals surface area contributed by atoms with Gasteiger partial charge in [0.2, 0.25) is 0 Å². The largest absolute Gasteiger partial charge is 0.467 e. The van der Waals surface area contributed by atoms with E-state index in [1.807, 2.05) is 13.0 Å². The SMILES string of the molecule is CCc1cc(C(=O)N2CCC[C@@H]2C(=O)OC)sc1C. The van der Waals surface area contributed by atoms with Crippen LogP contribution in [0.5, 0.6) is 0 Å². The van der Waals surface area contributed by atoms with Crippen molar-refractivity contribution in [2.24, 2.45) is 0 Å². The van der Waals surface area contributed by atoms with Crippen LogP contribution in [0.15, 0.2) is 6.07 Å². The zero-order chi connectivity index (χ0) is 14.0. The maximum atomic E-state index is 12.5. The molecular weight excluding hydrogens is 262 g/mol. The number of esters is 1. The van der Waals surface area contributed by atoms with Crippen LogP contribution in [0.1, 0.15) is 39.9 Å². The number of nitrogens with zero attached hydrogens (tertiary/aromatic N) is 1. The molecule has 2 rings (SSSR count). The fourth-order valence-electron chi connectivity index (χ4n) is 2.51. The Hall–Kier alpha value is -1.36. The number of aryl methyl sites for hydroxylation is 2. The Morgan fingerprint density at radius 3 is 2.84 bits per heavy atom. The topological polar surface area (TPSA) is 46.6 Å². The molecule has 0 N–H and O–H groups in total. The summed E-state index contributed by atoms with van der Waals surface area (Å²) < 4.78 is 4.77. The molecule has 2 heterocycles. The smallest absolute Gasteiger partial charge is 0.328 e. The minimum absolute atomic E-state index is 0.0410. The molecule has 5 heteroatoms. The highest BCUT2D eigenvalue weighted by Gasteiger charge is 2.35. The second kappa shape index (κ2) is 5.74. The van der Waals surface area contributed by atoms with Gasteiger partial charge >= 0.3 is 5.97 Å². The molecular formula is C14H19NO3S. The van der Waals surface area contributed by atoms with E-state index in [0.717, 1.165) is 17.7 Å². The third-order valence-electron chi connectivity index (χ3n) is 3.60. The molecule has 1 saturated heterocycles. The summed E-state index contributed by atoms with van der Waals surface area (Å²) in [7, 11) is 1.37. The number of amides is 1. The molecule has 1 fully saturated rings. The Balaban J connectivity index is 2.20. The molecule has 1 aromatic rings. The van der Waals surface area contributed by atoms with Crippen molar-refractivity contribution < 1.29 is 14.3 Å². The Bertz CT molecular complexity index is 495. The van der Waals surface area contributed by atoms with Gasteiger partial charge in [0, 0.05) is 11.4 Å². The summed E-state index contributed by atoms with van der Waals surface area (Å²) in [5.74, 6) is -0.351. The van der Waals surface area contributed by atoms with E-state index in [9.17, 15) is 9.59 Å². The van der Waals surface area contributed by atoms with Crippen molar-refractivity contribution in [1.29, 1.82) is 0 Å². The summed E-state index contributed by atoms with van der Waals surface area (Å²) in [6.45, 7) is 4.75. The molecule has 0 bridgehead atoms. The molecule has 0 aromatic carbocycles. The van der Waals surface area contributed by atoms with E-state index in [0.29, 0.717) is 13.0 Å². The predicted molar refractivity (Wildman–Crippen MR) is 74.5 cm³/mol. The van der Waals surface area contributed by atoms with Gasteiger partial charge in [0.05, 0.1) is 12.0 Å². The fraction of sp³-hybridized carbons (Fsp3) is 0.571. The molecule has 0 unspecified atom stereocenters. The Kier molecular flexibility index (Phi) is 4.24. The van der Waals surface area contributed by atoms with E-state index in [2.05, 4.69) is 6.92 Å². The lowest BCUT2D eigenvalue weighted by molar-refractivity contribution is -0.145. The first-order valence-corrected chi connectivity index (χ1v) is 7.38. The number of methoxy groups -OCH3 is 1. The van der Waals surface area contributed by atoms with Gasteiger partial charge in [-0.1, -0.05) is 6.92 Å². The van der Waals surface area contributed by atoms with Crippen molar-refractivity contribution in [3.63, 3.8) is 0 Å². The first kappa shape index (κ1) is 14.1. The zero-order valence-electron chi connectivity index (χ0n) is 11.6. The minimum Gasteiger partial charge on any atom is -0.467 e. The summed E-state index contributed by atoms with van der Waals surface area (Å²) in [5, 5.41) is 0. The number of carbonyl (C=O) groups excluding carboxylic acids is 2. The summed E-state index contributed by atoms with van der Waals surface area (Å²) in [6.07, 6.45) is 2.48. The van der Waals surface area contributed by atoms with Crippen LogP contribution < -0.4 is 0 Å². The standard InChI is InChI=1S/C14H19NO3S/c1-4-10-8-12(19-9(10)2)13(16)15-7-5-6-11(15)14(17)18-3/h8,11H,4-7H2,1-3H3/t11-/m1/s1. The van der Waals surface area contributed by atoms with E-state index >= 15 is 0 Å². The molecule has 1 aliphatic heterocycles. The molecule has 1 aliphatic rings. The second-order valence-electron chi connectivity index (χ2n) is 4.73. The first-order valence-electron chi connectivity index (χ1n) is 6.56. The summed E-state index contributed by atoms with van der Waals surface area (Å²) in [6, 6.07) is 1.54. The first-order chi connectivity index (χ1) is 9.08. The highest BCUT2D eigenvalue weighted by atomic mass is 32.1. The summed E-state index contributed by atoms with van der Waals surface area (Å²) >= 11 is 1.51. The van der Waals surface area contributed by atoms with Crippen molar-refractivity contribution in [3.8, 4) is 0 Å². The van der Waals surface area contributed by atoms with Crippen molar-refractivity contribution >= 4 is 23.2 Å². The lowest BCUT2D eigenvalue weighted by Crippen LogP contribution is -2.40. The van der Waals surface area contributed by atoms with E-state index in [4.69, 9.17) is 4.74 Å². The Morgan fingerprint density at radius 2 is 2.26 bits per heavy atom. The number of hydrogen-bond acceptors (Lipinski definition) is 4. The van der Waals surface area contributed by atoms with Gasteiger partial charge in [0.25, 0.3) is 5.91 Å². The quantitative estimate of drug-likeness (QED) is 0.799. The molecule has 1 aromatic heterocycles. The zero-order valence-corrected chi connectivity index (χ0v) is 12.4. The van der Waals surface area contributed by atoms with Crippen molar-refractivity contribution in [2.75, 3.05) is 13.7 Å². The van der Waals surface area contributed by atoms with Crippen LogP contribution in [-0.2, 0) is 16.0 Å². The van der Waals surface area contributed by atoms with Crippen LogP contribution in [0.25, 0.3) is 0 Å². The molecule has 1 atom stereocenters. The predicted octanol–water partition coefficient (Wildman–Crippen LogP) is 2.40. The van der Waals surface area contributed by atoms with Crippen LogP contribution >= 0.6 is 11.3 Å². The van der Waals surface area contributed by atoms with Gasteiger partial charge in [-0.25, -0.2) is 4.79 Å². The molecule has 0 aliphatic carbocycles. The third kappa shape index (κ3) is 2.66. The van der Waals surface area contributed by atoms with Gasteiger partial charge in [0.15, 0.2) is 0 Å². The average Bonchev–Trinajstić information content (AvgIpc) is 3.03. The van der Waals surface area contributed by atoms with Crippen LogP contribution in [0, 0.1) is 6.92 Å². The number of carbonyl (C=O) groups is 2. The number of thiophene rings is 1. The maximum absolute atomic E-state index is 12.5. The van der Waals surface area contributed by atoms with Crippen molar-refractivity contribution in [2.45, 2.75) is 39.2 Å². The lowest BCUT2D eigenvalue weighted by Gasteiger charge is -2.21. The van der Waals surface area contributed by atoms with E-state index in [1.165, 1.54) is 28.9 Å². The average molecular weight is 281 g/mol. The molecule has 0 radical (unpaired) electrons.